The first-order valence-electron chi connectivity index (χ1n) is 9.30. The minimum atomic E-state index is 0.131. The molecule has 3 aromatic rings. The molecule has 1 N–H and O–H groups in total. The minimum Gasteiger partial charge on any atom is -0.508 e. The van der Waals surface area contributed by atoms with Gasteiger partial charge in [0.05, 0.1) is 12.7 Å². The molecular weight excluding hydrogens is 340 g/mol. The number of amides is 1. The number of piperazine rings is 1. The van der Waals surface area contributed by atoms with Crippen LogP contribution in [0.5, 0.6) is 5.75 Å². The number of hydrogen-bond donors (Lipinski definition) is 1. The molecule has 0 atom stereocenters. The molecule has 2 heterocycles. The zero-order valence-corrected chi connectivity index (χ0v) is 15.7. The maximum absolute atomic E-state index is 12.8. The molecule has 1 saturated heterocycles. The topological polar surface area (TPSA) is 56.9 Å². The van der Waals surface area contributed by atoms with Gasteiger partial charge in [-0.2, -0.15) is 0 Å². The van der Waals surface area contributed by atoms with E-state index in [1.54, 1.807) is 18.4 Å². The van der Waals surface area contributed by atoms with Crippen LogP contribution in [0.15, 0.2) is 47.1 Å². The monoisotopic (exact) mass is 364 g/mol. The maximum Gasteiger partial charge on any atom is 0.227 e. The molecule has 2 aromatic carbocycles. The lowest BCUT2D eigenvalue weighted by Gasteiger charge is -2.36. The summed E-state index contributed by atoms with van der Waals surface area (Å²) in [5, 5.41) is 10.7. The summed E-state index contributed by atoms with van der Waals surface area (Å²) in [5.74, 6) is 0.398. The molecule has 1 amide bonds. The number of fused-ring (bicyclic) bond motifs is 1. The Morgan fingerprint density at radius 3 is 2.56 bits per heavy atom. The Balaban J connectivity index is 1.42. The number of carbonyl (C=O) groups is 1. The number of benzene rings is 2. The normalized spacial score (nSPS) is 14.7. The smallest absolute Gasteiger partial charge is 0.227 e. The molecule has 0 spiro atoms. The average Bonchev–Trinajstić information content (AvgIpc) is 3.04. The lowest BCUT2D eigenvalue weighted by Crippen LogP contribution is -2.49. The van der Waals surface area contributed by atoms with Crippen molar-refractivity contribution in [3.05, 3.63) is 59.4 Å². The zero-order valence-electron chi connectivity index (χ0n) is 15.7. The summed E-state index contributed by atoms with van der Waals surface area (Å²) in [5.41, 5.74) is 5.19. The largest absolute Gasteiger partial charge is 0.508 e. The van der Waals surface area contributed by atoms with Crippen LogP contribution in [0.3, 0.4) is 0 Å². The van der Waals surface area contributed by atoms with Crippen LogP contribution in [0.25, 0.3) is 11.0 Å². The standard InChI is InChI=1S/C22H24N2O3/c1-15-10-20-17(14-27-21(20)11-16(15)2)12-22(26)24-8-6-23(7-9-24)18-4-3-5-19(25)13-18/h3-5,10-11,13-14,25H,6-9,12H2,1-2H3. The maximum atomic E-state index is 12.8. The second-order valence-corrected chi connectivity index (χ2v) is 7.26. The Hall–Kier alpha value is -2.95. The van der Waals surface area contributed by atoms with E-state index in [4.69, 9.17) is 4.42 Å². The molecule has 5 nitrogen and oxygen atoms in total. The Bertz CT molecular complexity index is 984. The van der Waals surface area contributed by atoms with Crippen molar-refractivity contribution in [2.75, 3.05) is 31.1 Å². The quantitative estimate of drug-likeness (QED) is 0.771. The van der Waals surface area contributed by atoms with Crippen molar-refractivity contribution >= 4 is 22.6 Å². The molecule has 1 aliphatic rings. The van der Waals surface area contributed by atoms with Crippen molar-refractivity contribution < 1.29 is 14.3 Å². The molecule has 140 valence electrons. The number of aromatic hydroxyl groups is 1. The fourth-order valence-electron chi connectivity index (χ4n) is 3.65. The molecule has 1 aromatic heterocycles. The van der Waals surface area contributed by atoms with Crippen molar-refractivity contribution in [3.8, 4) is 5.75 Å². The van der Waals surface area contributed by atoms with Crippen LogP contribution in [0.1, 0.15) is 16.7 Å². The van der Waals surface area contributed by atoms with Gasteiger partial charge in [-0.15, -0.1) is 0 Å². The van der Waals surface area contributed by atoms with Gasteiger partial charge in [0.1, 0.15) is 11.3 Å². The van der Waals surface area contributed by atoms with E-state index < -0.39 is 0 Å². The van der Waals surface area contributed by atoms with Gasteiger partial charge in [0, 0.05) is 48.9 Å². The Kier molecular flexibility index (Phi) is 4.52. The van der Waals surface area contributed by atoms with E-state index in [0.29, 0.717) is 19.5 Å². The van der Waals surface area contributed by atoms with Crippen molar-refractivity contribution in [3.63, 3.8) is 0 Å². The summed E-state index contributed by atoms with van der Waals surface area (Å²) >= 11 is 0. The number of phenolic OH excluding ortho intramolecular Hbond substituents is 1. The van der Waals surface area contributed by atoms with Gasteiger partial charge in [0.15, 0.2) is 0 Å². The van der Waals surface area contributed by atoms with E-state index in [-0.39, 0.29) is 11.7 Å². The molecule has 27 heavy (non-hydrogen) atoms. The number of aryl methyl sites for hydroxylation is 2. The molecule has 0 radical (unpaired) electrons. The molecule has 1 fully saturated rings. The van der Waals surface area contributed by atoms with Crippen LogP contribution in [0, 0.1) is 13.8 Å². The summed E-state index contributed by atoms with van der Waals surface area (Å²) in [6, 6.07) is 11.4. The van der Waals surface area contributed by atoms with E-state index in [9.17, 15) is 9.90 Å². The van der Waals surface area contributed by atoms with Gasteiger partial charge in [-0.25, -0.2) is 0 Å². The Morgan fingerprint density at radius 1 is 1.07 bits per heavy atom. The van der Waals surface area contributed by atoms with E-state index in [1.807, 2.05) is 23.1 Å². The first-order chi connectivity index (χ1) is 13.0. The number of hydrogen-bond acceptors (Lipinski definition) is 4. The predicted octanol–water partition coefficient (Wildman–Crippen LogP) is 3.65. The first-order valence-corrected chi connectivity index (χ1v) is 9.30. The van der Waals surface area contributed by atoms with Crippen LogP contribution >= 0.6 is 0 Å². The van der Waals surface area contributed by atoms with Gasteiger partial charge in [-0.3, -0.25) is 4.79 Å². The number of furan rings is 1. The van der Waals surface area contributed by atoms with E-state index in [1.165, 1.54) is 11.1 Å². The fraction of sp³-hybridized carbons (Fsp3) is 0.318. The molecule has 0 aliphatic carbocycles. The van der Waals surface area contributed by atoms with Crippen molar-refractivity contribution in [2.45, 2.75) is 20.3 Å². The SMILES string of the molecule is Cc1cc2occ(CC(=O)N3CCN(c4cccc(O)c4)CC3)c2cc1C. The first kappa shape index (κ1) is 17.5. The zero-order chi connectivity index (χ0) is 19.0. The highest BCUT2D eigenvalue weighted by Gasteiger charge is 2.22. The summed E-state index contributed by atoms with van der Waals surface area (Å²) in [6.07, 6.45) is 2.08. The molecule has 1 aliphatic heterocycles. The van der Waals surface area contributed by atoms with Crippen LogP contribution in [0.4, 0.5) is 5.69 Å². The molecule has 0 unspecified atom stereocenters. The Labute approximate surface area is 158 Å². The molecular formula is C22H24N2O3. The second-order valence-electron chi connectivity index (χ2n) is 7.26. The molecule has 5 heteroatoms. The number of phenols is 1. The van der Waals surface area contributed by atoms with Crippen molar-refractivity contribution in [1.82, 2.24) is 4.90 Å². The van der Waals surface area contributed by atoms with Crippen LogP contribution in [0.2, 0.25) is 0 Å². The summed E-state index contributed by atoms with van der Waals surface area (Å²) in [4.78, 5) is 16.9. The number of anilines is 1. The molecule has 4 rings (SSSR count). The van der Waals surface area contributed by atoms with E-state index in [2.05, 4.69) is 24.8 Å². The van der Waals surface area contributed by atoms with Gasteiger partial charge in [0.25, 0.3) is 0 Å². The van der Waals surface area contributed by atoms with Gasteiger partial charge in [0.2, 0.25) is 5.91 Å². The highest BCUT2D eigenvalue weighted by molar-refractivity contribution is 5.88. The highest BCUT2D eigenvalue weighted by atomic mass is 16.3. The summed E-state index contributed by atoms with van der Waals surface area (Å²) < 4.78 is 5.66. The third-order valence-corrected chi connectivity index (χ3v) is 5.44. The van der Waals surface area contributed by atoms with Crippen LogP contribution in [-0.4, -0.2) is 42.1 Å². The van der Waals surface area contributed by atoms with Gasteiger partial charge in [-0.05, 0) is 49.2 Å². The minimum absolute atomic E-state index is 0.131. The fourth-order valence-corrected chi connectivity index (χ4v) is 3.65. The lowest BCUT2D eigenvalue weighted by atomic mass is 10.0. The molecule has 0 saturated carbocycles. The lowest BCUT2D eigenvalue weighted by molar-refractivity contribution is -0.130. The second kappa shape index (κ2) is 6.99. The van der Waals surface area contributed by atoms with E-state index >= 15 is 0 Å². The third kappa shape index (κ3) is 3.50. The van der Waals surface area contributed by atoms with Gasteiger partial charge < -0.3 is 19.3 Å². The highest BCUT2D eigenvalue weighted by Crippen LogP contribution is 2.26. The van der Waals surface area contributed by atoms with Crippen LogP contribution in [-0.2, 0) is 11.2 Å². The third-order valence-electron chi connectivity index (χ3n) is 5.44. The van der Waals surface area contributed by atoms with Gasteiger partial charge >= 0.3 is 0 Å². The molecule has 0 bridgehead atoms. The van der Waals surface area contributed by atoms with Crippen molar-refractivity contribution in [2.24, 2.45) is 0 Å². The average molecular weight is 364 g/mol. The summed E-state index contributed by atoms with van der Waals surface area (Å²) in [7, 11) is 0. The number of carbonyl (C=O) groups excluding carboxylic acids is 1. The van der Waals surface area contributed by atoms with Gasteiger partial charge in [-0.1, -0.05) is 6.07 Å². The summed E-state index contributed by atoms with van der Waals surface area (Å²) in [6.45, 7) is 7.03. The van der Waals surface area contributed by atoms with E-state index in [0.717, 1.165) is 35.3 Å². The van der Waals surface area contributed by atoms with Crippen molar-refractivity contribution in [1.29, 1.82) is 0 Å². The Morgan fingerprint density at radius 2 is 1.81 bits per heavy atom. The number of nitrogens with zero attached hydrogens (tertiary/aromatic N) is 2. The van der Waals surface area contributed by atoms with Crippen LogP contribution < -0.4 is 4.90 Å². The predicted molar refractivity (Wildman–Crippen MR) is 106 cm³/mol. The number of rotatable bonds is 3.